The highest BCUT2D eigenvalue weighted by molar-refractivity contribution is 8.13. The number of halogens is 7. The molecule has 1 heterocycles. The maximum Gasteiger partial charge on any atom is 0.467 e. The number of amides is 1. The van der Waals surface area contributed by atoms with Crippen molar-refractivity contribution in [1.82, 2.24) is 4.90 Å². The van der Waals surface area contributed by atoms with Crippen molar-refractivity contribution >= 4 is 31.7 Å². The number of likely N-dealkylation sites (tertiary alicyclic amines) is 1. The summed E-state index contributed by atoms with van der Waals surface area (Å²) in [4.78, 5) is 22.6. The highest BCUT2D eigenvalue weighted by Gasteiger charge is 2.65. The van der Waals surface area contributed by atoms with Crippen LogP contribution in [0.2, 0.25) is 0 Å². The van der Waals surface area contributed by atoms with Crippen molar-refractivity contribution in [1.29, 1.82) is 0 Å². The van der Waals surface area contributed by atoms with Crippen LogP contribution in [0.5, 0.6) is 0 Å². The molecule has 0 aromatic carbocycles. The molecule has 0 aromatic rings. The van der Waals surface area contributed by atoms with E-state index < -0.39 is 74.4 Å². The number of carbonyl (C=O) groups is 2. The Balaban J connectivity index is 3.16. The smallest absolute Gasteiger partial charge is 0.425 e. The largest absolute Gasteiger partial charge is 0.467 e. The van der Waals surface area contributed by atoms with E-state index in [0.717, 1.165) is 4.13 Å². The van der Waals surface area contributed by atoms with Gasteiger partial charge in [-0.1, -0.05) is 0 Å². The fourth-order valence-electron chi connectivity index (χ4n) is 1.62. The third kappa shape index (κ3) is 3.93. The normalized spacial score (nSPS) is 18.1. The van der Waals surface area contributed by atoms with E-state index in [4.69, 9.17) is 0 Å². The number of Topliss-reactive ketones (excluding diaryl/α,β-unsaturated/α-hetero) is 1. The van der Waals surface area contributed by atoms with Crippen LogP contribution in [0.15, 0.2) is 0 Å². The predicted octanol–water partition coefficient (Wildman–Crippen LogP) is 0.959. The second-order valence-corrected chi connectivity index (χ2v) is 8.41. The average Bonchev–Trinajstić information content (AvgIpc) is 2.44. The maximum absolute atomic E-state index is 13.7. The van der Waals surface area contributed by atoms with Crippen molar-refractivity contribution in [2.24, 2.45) is 0 Å². The standard InChI is InChI=1S/C9H8F7N2O6S2/c10-7(11,6(20)18-3-1-5(19)2-4-18)25(21,22)17-26(23,24)9(15,16)8(12,13)14/h1-4H2/q-1. The van der Waals surface area contributed by atoms with E-state index in [9.17, 15) is 57.2 Å². The van der Waals surface area contributed by atoms with Gasteiger partial charge in [-0.05, 0) is 0 Å². The van der Waals surface area contributed by atoms with E-state index in [-0.39, 0.29) is 4.90 Å². The molecule has 1 amide bonds. The fraction of sp³-hybridized carbons (Fsp3) is 0.778. The second kappa shape index (κ2) is 6.59. The van der Waals surface area contributed by atoms with Crippen LogP contribution in [0.3, 0.4) is 0 Å². The van der Waals surface area contributed by atoms with Crippen molar-refractivity contribution in [2.75, 3.05) is 13.1 Å². The van der Waals surface area contributed by atoms with Gasteiger partial charge in [-0.2, -0.15) is 30.7 Å². The molecule has 0 aromatic heterocycles. The number of hydrogen-bond acceptors (Lipinski definition) is 6. The first-order valence-electron chi connectivity index (χ1n) is 6.23. The van der Waals surface area contributed by atoms with Gasteiger partial charge in [-0.15, -0.1) is 0 Å². The third-order valence-electron chi connectivity index (χ3n) is 3.03. The number of sulfonamides is 2. The van der Waals surface area contributed by atoms with E-state index in [1.54, 1.807) is 0 Å². The molecular formula is C9H8F7N2O6S2-. The lowest BCUT2D eigenvalue weighted by Crippen LogP contribution is -2.52. The molecule has 0 N–H and O–H groups in total. The molecule has 152 valence electrons. The number of ketones is 1. The first-order chi connectivity index (χ1) is 11.4. The molecular weight excluding hydrogens is 429 g/mol. The summed E-state index contributed by atoms with van der Waals surface area (Å²) in [6.07, 6.45) is -7.73. The van der Waals surface area contributed by atoms with Gasteiger partial charge in [0.25, 0.3) is 0 Å². The van der Waals surface area contributed by atoms with Crippen LogP contribution in [0.25, 0.3) is 4.13 Å². The van der Waals surface area contributed by atoms with E-state index >= 15 is 0 Å². The van der Waals surface area contributed by atoms with Crippen molar-refractivity contribution in [3.8, 4) is 0 Å². The molecule has 0 aliphatic carbocycles. The Morgan fingerprint density at radius 1 is 0.885 bits per heavy atom. The zero-order chi connectivity index (χ0) is 20.8. The quantitative estimate of drug-likeness (QED) is 0.591. The Morgan fingerprint density at radius 2 is 1.31 bits per heavy atom. The van der Waals surface area contributed by atoms with Gasteiger partial charge in [-0.25, -0.2) is 16.8 Å². The molecule has 1 aliphatic heterocycles. The number of rotatable bonds is 5. The van der Waals surface area contributed by atoms with E-state index in [1.165, 1.54) is 0 Å². The lowest BCUT2D eigenvalue weighted by atomic mass is 10.1. The van der Waals surface area contributed by atoms with Gasteiger partial charge in [0.2, 0.25) is 0 Å². The van der Waals surface area contributed by atoms with Gasteiger partial charge in [0.1, 0.15) is 5.78 Å². The van der Waals surface area contributed by atoms with E-state index in [1.807, 2.05) is 0 Å². The second-order valence-electron chi connectivity index (χ2n) is 4.89. The predicted molar refractivity (Wildman–Crippen MR) is 68.0 cm³/mol. The highest BCUT2D eigenvalue weighted by Crippen LogP contribution is 2.44. The molecule has 8 nitrogen and oxygen atoms in total. The SMILES string of the molecule is O=C1CCN(C(=O)C(F)(F)S(=O)(=O)[N-]S(=O)(=O)C(F)(F)C(F)(F)F)CC1. The Kier molecular flexibility index (Phi) is 5.72. The molecule has 0 saturated carbocycles. The minimum absolute atomic E-state index is 0.114. The van der Waals surface area contributed by atoms with Gasteiger partial charge in [0.15, 0.2) is 20.0 Å². The summed E-state index contributed by atoms with van der Waals surface area (Å²) in [5.41, 5.74) is 0. The van der Waals surface area contributed by atoms with Crippen molar-refractivity contribution < 1.29 is 57.2 Å². The minimum atomic E-state index is -7.36. The summed E-state index contributed by atoms with van der Waals surface area (Å²) < 4.78 is 134. The van der Waals surface area contributed by atoms with Crippen LogP contribution in [0, 0.1) is 0 Å². The first kappa shape index (κ1) is 22.6. The molecule has 1 saturated heterocycles. The summed E-state index contributed by atoms with van der Waals surface area (Å²) in [6.45, 7) is -1.37. The van der Waals surface area contributed by atoms with Crippen LogP contribution < -0.4 is 0 Å². The molecule has 1 rings (SSSR count). The molecule has 1 fully saturated rings. The molecule has 0 bridgehead atoms. The molecule has 0 atom stereocenters. The van der Waals surface area contributed by atoms with E-state index in [0.29, 0.717) is 0 Å². The zero-order valence-electron chi connectivity index (χ0n) is 12.1. The molecule has 0 spiro atoms. The number of carbonyl (C=O) groups excluding carboxylic acids is 2. The number of alkyl halides is 7. The average molecular weight is 437 g/mol. The van der Waals surface area contributed by atoms with Gasteiger partial charge in [0, 0.05) is 25.9 Å². The monoisotopic (exact) mass is 437 g/mol. The summed E-state index contributed by atoms with van der Waals surface area (Å²) in [5.74, 6) is -3.07. The Morgan fingerprint density at radius 3 is 1.69 bits per heavy atom. The van der Waals surface area contributed by atoms with Gasteiger partial charge in [0.05, 0.1) is 0 Å². The Labute approximate surface area is 141 Å². The summed E-state index contributed by atoms with van der Waals surface area (Å²) in [5, 5.41) is -12.5. The Hall–Kier alpha value is -1.49. The van der Waals surface area contributed by atoms with Crippen LogP contribution in [0.1, 0.15) is 12.8 Å². The summed E-state index contributed by atoms with van der Waals surface area (Å²) >= 11 is 0. The maximum atomic E-state index is 13.7. The third-order valence-corrected chi connectivity index (χ3v) is 6.30. The topological polar surface area (TPSA) is 120 Å². The van der Waals surface area contributed by atoms with Gasteiger partial charge < -0.3 is 9.03 Å². The van der Waals surface area contributed by atoms with Crippen molar-refractivity contribution in [2.45, 2.75) is 29.5 Å². The van der Waals surface area contributed by atoms with Crippen LogP contribution in [-0.2, 0) is 29.6 Å². The fourth-order valence-corrected chi connectivity index (χ4v) is 4.05. The number of nitrogens with zero attached hydrogens (tertiary/aromatic N) is 2. The molecule has 1 aliphatic rings. The molecule has 0 unspecified atom stereocenters. The van der Waals surface area contributed by atoms with Gasteiger partial charge in [-0.3, -0.25) is 9.59 Å². The molecule has 0 radical (unpaired) electrons. The van der Waals surface area contributed by atoms with E-state index in [2.05, 4.69) is 0 Å². The van der Waals surface area contributed by atoms with Crippen LogP contribution in [-0.4, -0.2) is 63.2 Å². The van der Waals surface area contributed by atoms with Crippen LogP contribution >= 0.6 is 0 Å². The zero-order valence-corrected chi connectivity index (χ0v) is 13.8. The number of piperidine rings is 1. The van der Waals surface area contributed by atoms with Gasteiger partial charge >= 0.3 is 22.6 Å². The lowest BCUT2D eigenvalue weighted by Gasteiger charge is -2.33. The highest BCUT2D eigenvalue weighted by atomic mass is 32.3. The lowest BCUT2D eigenvalue weighted by molar-refractivity contribution is -0.240. The number of hydrogen-bond donors (Lipinski definition) is 0. The first-order valence-corrected chi connectivity index (χ1v) is 9.11. The summed E-state index contributed by atoms with van der Waals surface area (Å²) in [6, 6.07) is 0. The minimum Gasteiger partial charge on any atom is -0.425 e. The van der Waals surface area contributed by atoms with Crippen LogP contribution in [0.4, 0.5) is 30.7 Å². The molecule has 17 heteroatoms. The Bertz CT molecular complexity index is 795. The van der Waals surface area contributed by atoms with Crippen molar-refractivity contribution in [3.63, 3.8) is 0 Å². The summed E-state index contributed by atoms with van der Waals surface area (Å²) in [7, 11) is -14.3. The molecule has 26 heavy (non-hydrogen) atoms. The van der Waals surface area contributed by atoms with Crippen molar-refractivity contribution in [3.05, 3.63) is 4.13 Å².